The number of aromatic nitrogens is 2. The van der Waals surface area contributed by atoms with Crippen LogP contribution in [0.15, 0.2) is 18.5 Å². The third-order valence-electron chi connectivity index (χ3n) is 2.64. The first kappa shape index (κ1) is 15.1. The highest BCUT2D eigenvalue weighted by atomic mass is 32.2. The molecule has 6 nitrogen and oxygen atoms in total. The van der Waals surface area contributed by atoms with Crippen LogP contribution in [0.25, 0.3) is 0 Å². The predicted octanol–water partition coefficient (Wildman–Crippen LogP) is 0.839. The molecule has 1 aromatic rings. The van der Waals surface area contributed by atoms with Gasteiger partial charge in [0.1, 0.15) is 0 Å². The summed E-state index contributed by atoms with van der Waals surface area (Å²) in [5, 5.41) is 4.05. The average molecular weight is 274 g/mol. The molecule has 0 saturated heterocycles. The van der Waals surface area contributed by atoms with E-state index in [1.54, 1.807) is 17.9 Å². The van der Waals surface area contributed by atoms with E-state index in [-0.39, 0.29) is 0 Å². The molecule has 0 aromatic carbocycles. The predicted molar refractivity (Wildman–Crippen MR) is 71.3 cm³/mol. The van der Waals surface area contributed by atoms with Gasteiger partial charge in [0.05, 0.1) is 0 Å². The molecule has 104 valence electrons. The smallest absolute Gasteiger partial charge is 0.273 e. The van der Waals surface area contributed by atoms with Crippen molar-refractivity contribution in [2.45, 2.75) is 32.7 Å². The summed E-state index contributed by atoms with van der Waals surface area (Å²) in [7, 11) is -1.72. The molecule has 0 aliphatic heterocycles. The van der Waals surface area contributed by atoms with Gasteiger partial charge in [0.25, 0.3) is 10.2 Å². The van der Waals surface area contributed by atoms with E-state index >= 15 is 0 Å². The van der Waals surface area contributed by atoms with Gasteiger partial charge in [-0.25, -0.2) is 4.72 Å². The van der Waals surface area contributed by atoms with E-state index in [2.05, 4.69) is 9.82 Å². The SMILES string of the molecule is CCCCN(C)S(=O)(=O)NCCCn1cccn1. The van der Waals surface area contributed by atoms with Crippen LogP contribution >= 0.6 is 0 Å². The second-order valence-electron chi connectivity index (χ2n) is 4.20. The maximum Gasteiger partial charge on any atom is 0.279 e. The molecular weight excluding hydrogens is 252 g/mol. The lowest BCUT2D eigenvalue weighted by atomic mass is 10.3. The molecule has 0 fully saturated rings. The van der Waals surface area contributed by atoms with Crippen molar-refractivity contribution < 1.29 is 8.42 Å². The number of aryl methyl sites for hydroxylation is 1. The molecule has 0 aliphatic rings. The van der Waals surface area contributed by atoms with Gasteiger partial charge >= 0.3 is 0 Å². The van der Waals surface area contributed by atoms with Gasteiger partial charge in [-0.15, -0.1) is 0 Å². The van der Waals surface area contributed by atoms with Gasteiger partial charge in [0.2, 0.25) is 0 Å². The van der Waals surface area contributed by atoms with Crippen molar-refractivity contribution >= 4 is 10.2 Å². The van der Waals surface area contributed by atoms with Gasteiger partial charge in [-0.3, -0.25) is 4.68 Å². The molecule has 1 rings (SSSR count). The van der Waals surface area contributed by atoms with E-state index in [4.69, 9.17) is 0 Å². The molecule has 0 unspecified atom stereocenters. The summed E-state index contributed by atoms with van der Waals surface area (Å²) in [4.78, 5) is 0. The van der Waals surface area contributed by atoms with E-state index in [9.17, 15) is 8.42 Å². The molecule has 7 heteroatoms. The fourth-order valence-corrected chi connectivity index (χ4v) is 2.48. The lowest BCUT2D eigenvalue weighted by molar-refractivity contribution is 0.446. The second kappa shape index (κ2) is 7.50. The Balaban J connectivity index is 2.24. The zero-order valence-electron chi connectivity index (χ0n) is 11.0. The van der Waals surface area contributed by atoms with Crippen molar-refractivity contribution in [2.75, 3.05) is 20.1 Å². The Hall–Kier alpha value is -0.920. The molecule has 1 aromatic heterocycles. The number of unbranched alkanes of at least 4 members (excludes halogenated alkanes) is 1. The molecular formula is C11H22N4O2S. The van der Waals surface area contributed by atoms with Gasteiger partial charge in [0.15, 0.2) is 0 Å². The summed E-state index contributed by atoms with van der Waals surface area (Å²) in [5.41, 5.74) is 0. The molecule has 0 bridgehead atoms. The van der Waals surface area contributed by atoms with Crippen LogP contribution in [0.5, 0.6) is 0 Å². The average Bonchev–Trinajstić information content (AvgIpc) is 2.84. The summed E-state index contributed by atoms with van der Waals surface area (Å²) in [5.74, 6) is 0. The Bertz CT molecular complexity index is 416. The summed E-state index contributed by atoms with van der Waals surface area (Å²) in [6, 6.07) is 1.85. The third-order valence-corrected chi connectivity index (χ3v) is 4.22. The Kier molecular flexibility index (Phi) is 6.31. The second-order valence-corrected chi connectivity index (χ2v) is 6.06. The standard InChI is InChI=1S/C11H22N4O2S/c1-3-4-9-14(2)18(16,17)13-8-6-11-15-10-5-7-12-15/h5,7,10,13H,3-4,6,8-9,11H2,1-2H3. The fraction of sp³-hybridized carbons (Fsp3) is 0.727. The molecule has 0 radical (unpaired) electrons. The molecule has 0 spiro atoms. The quantitative estimate of drug-likeness (QED) is 0.679. The summed E-state index contributed by atoms with van der Waals surface area (Å²) in [6.07, 6.45) is 6.16. The Labute approximate surface area is 109 Å². The van der Waals surface area contributed by atoms with E-state index in [1.807, 2.05) is 19.2 Å². The van der Waals surface area contributed by atoms with Crippen LogP contribution in [0.3, 0.4) is 0 Å². The largest absolute Gasteiger partial charge is 0.279 e. The Morgan fingerprint density at radius 3 is 2.78 bits per heavy atom. The normalized spacial score (nSPS) is 12.2. The highest BCUT2D eigenvalue weighted by molar-refractivity contribution is 7.87. The summed E-state index contributed by atoms with van der Waals surface area (Å²) in [6.45, 7) is 3.75. The van der Waals surface area contributed by atoms with Crippen LogP contribution in [0, 0.1) is 0 Å². The molecule has 0 aliphatic carbocycles. The van der Waals surface area contributed by atoms with Crippen LogP contribution in [0.1, 0.15) is 26.2 Å². The lowest BCUT2D eigenvalue weighted by Crippen LogP contribution is -2.39. The van der Waals surface area contributed by atoms with E-state index in [0.717, 1.165) is 19.3 Å². The highest BCUT2D eigenvalue weighted by Crippen LogP contribution is 1.98. The van der Waals surface area contributed by atoms with Crippen LogP contribution in [0.2, 0.25) is 0 Å². The number of rotatable bonds is 9. The minimum atomic E-state index is -3.32. The van der Waals surface area contributed by atoms with Gasteiger partial charge in [-0.2, -0.15) is 17.8 Å². The molecule has 0 atom stereocenters. The summed E-state index contributed by atoms with van der Waals surface area (Å²) < 4.78 is 29.3. The highest BCUT2D eigenvalue weighted by Gasteiger charge is 2.15. The third kappa shape index (κ3) is 5.16. The molecule has 0 amide bonds. The monoisotopic (exact) mass is 274 g/mol. The molecule has 0 saturated carbocycles. The van der Waals surface area contributed by atoms with Gasteiger partial charge < -0.3 is 0 Å². The van der Waals surface area contributed by atoms with Crippen molar-refractivity contribution in [3.05, 3.63) is 18.5 Å². The van der Waals surface area contributed by atoms with Crippen LogP contribution in [-0.2, 0) is 16.8 Å². The van der Waals surface area contributed by atoms with Gasteiger partial charge in [-0.1, -0.05) is 13.3 Å². The number of hydrogen-bond donors (Lipinski definition) is 1. The fourth-order valence-electron chi connectivity index (χ4n) is 1.49. The topological polar surface area (TPSA) is 67.2 Å². The van der Waals surface area contributed by atoms with Gasteiger partial charge in [-0.05, 0) is 18.9 Å². The minimum absolute atomic E-state index is 0.429. The lowest BCUT2D eigenvalue weighted by Gasteiger charge is -2.17. The molecule has 1 N–H and O–H groups in total. The minimum Gasteiger partial charge on any atom is -0.273 e. The molecule has 1 heterocycles. The zero-order valence-corrected chi connectivity index (χ0v) is 11.9. The first-order valence-electron chi connectivity index (χ1n) is 6.24. The van der Waals surface area contributed by atoms with E-state index in [0.29, 0.717) is 19.6 Å². The number of nitrogens with one attached hydrogen (secondary N) is 1. The van der Waals surface area contributed by atoms with Crippen molar-refractivity contribution in [1.29, 1.82) is 0 Å². The van der Waals surface area contributed by atoms with E-state index < -0.39 is 10.2 Å². The zero-order chi connectivity index (χ0) is 13.4. The van der Waals surface area contributed by atoms with Gasteiger partial charge in [0, 0.05) is 39.1 Å². The van der Waals surface area contributed by atoms with E-state index in [1.165, 1.54) is 4.31 Å². The van der Waals surface area contributed by atoms with Crippen molar-refractivity contribution in [3.63, 3.8) is 0 Å². The first-order valence-corrected chi connectivity index (χ1v) is 7.68. The number of hydrogen-bond acceptors (Lipinski definition) is 3. The summed E-state index contributed by atoms with van der Waals surface area (Å²) >= 11 is 0. The van der Waals surface area contributed by atoms with Crippen LogP contribution in [0.4, 0.5) is 0 Å². The first-order chi connectivity index (χ1) is 8.56. The van der Waals surface area contributed by atoms with Crippen LogP contribution in [-0.4, -0.2) is 42.6 Å². The Morgan fingerprint density at radius 2 is 2.17 bits per heavy atom. The van der Waals surface area contributed by atoms with Crippen molar-refractivity contribution in [3.8, 4) is 0 Å². The van der Waals surface area contributed by atoms with Crippen molar-refractivity contribution in [2.24, 2.45) is 0 Å². The Morgan fingerprint density at radius 1 is 1.39 bits per heavy atom. The van der Waals surface area contributed by atoms with Crippen LogP contribution < -0.4 is 4.72 Å². The van der Waals surface area contributed by atoms with Crippen molar-refractivity contribution in [1.82, 2.24) is 18.8 Å². The molecule has 18 heavy (non-hydrogen) atoms. The maximum absolute atomic E-state index is 11.8. The number of nitrogens with zero attached hydrogens (tertiary/aromatic N) is 3. The maximum atomic E-state index is 11.8.